The van der Waals surface area contributed by atoms with Gasteiger partial charge in [-0.05, 0) is 29.2 Å². The van der Waals surface area contributed by atoms with Crippen molar-refractivity contribution in [3.05, 3.63) is 82.6 Å². The molecule has 0 amide bonds. The molecule has 1 nitrogen and oxygen atoms in total. The van der Waals surface area contributed by atoms with Crippen LogP contribution in [0.5, 0.6) is 0 Å². The van der Waals surface area contributed by atoms with E-state index in [4.69, 9.17) is 0 Å². The van der Waals surface area contributed by atoms with Crippen LogP contribution in [0.2, 0.25) is 0 Å². The second-order valence-corrected chi connectivity index (χ2v) is 8.05. The monoisotopic (exact) mass is 285 g/mol. The molecule has 4 aliphatic carbocycles. The van der Waals surface area contributed by atoms with Crippen LogP contribution in [0, 0.1) is 10.8 Å². The van der Waals surface area contributed by atoms with Crippen LogP contribution in [0.1, 0.15) is 31.9 Å². The molecule has 6 rings (SSSR count). The zero-order chi connectivity index (χ0) is 15.0. The van der Waals surface area contributed by atoms with Gasteiger partial charge < -0.3 is 5.32 Å². The summed E-state index contributed by atoms with van der Waals surface area (Å²) in [6.45, 7) is 7.19. The van der Waals surface area contributed by atoms with E-state index in [0.29, 0.717) is 0 Å². The van der Waals surface area contributed by atoms with Gasteiger partial charge in [-0.15, -0.1) is 0 Å². The maximum Gasteiger partial charge on any atom is 0.116 e. The van der Waals surface area contributed by atoms with Crippen molar-refractivity contribution in [1.29, 1.82) is 0 Å². The fourth-order valence-electron chi connectivity index (χ4n) is 5.80. The third-order valence-electron chi connectivity index (χ3n) is 7.37. The highest BCUT2D eigenvalue weighted by molar-refractivity contribution is 5.80. The predicted octanol–water partition coefficient (Wildman–Crippen LogP) is 4.10. The Bertz CT molecular complexity index is 891. The van der Waals surface area contributed by atoms with Gasteiger partial charge in [-0.2, -0.15) is 0 Å². The van der Waals surface area contributed by atoms with Gasteiger partial charge in [0.2, 0.25) is 0 Å². The smallest absolute Gasteiger partial charge is 0.116 e. The summed E-state index contributed by atoms with van der Waals surface area (Å²) < 4.78 is 0. The minimum Gasteiger partial charge on any atom is -0.370 e. The van der Waals surface area contributed by atoms with Crippen molar-refractivity contribution in [3.8, 4) is 0 Å². The second-order valence-electron chi connectivity index (χ2n) is 8.05. The van der Waals surface area contributed by atoms with Gasteiger partial charge in [0.25, 0.3) is 0 Å². The number of allylic oxidation sites excluding steroid dienone is 6. The van der Waals surface area contributed by atoms with Crippen LogP contribution in [0.25, 0.3) is 0 Å². The maximum absolute atomic E-state index is 3.82. The van der Waals surface area contributed by atoms with Crippen LogP contribution in [0.15, 0.2) is 71.5 Å². The average molecular weight is 285 g/mol. The molecule has 1 aliphatic heterocycles. The molecule has 0 radical (unpaired) electrons. The van der Waals surface area contributed by atoms with Crippen LogP contribution in [-0.4, -0.2) is 0 Å². The van der Waals surface area contributed by atoms with Crippen LogP contribution in [0.4, 0.5) is 0 Å². The minimum atomic E-state index is 0.0990. The quantitative estimate of drug-likeness (QED) is 0.712. The zero-order valence-electron chi connectivity index (χ0n) is 13.2. The van der Waals surface area contributed by atoms with Crippen LogP contribution in [-0.2, 0) is 11.0 Å². The Morgan fingerprint density at radius 2 is 1.50 bits per heavy atom. The first kappa shape index (κ1) is 11.5. The first-order valence-electron chi connectivity index (χ1n) is 8.23. The van der Waals surface area contributed by atoms with Crippen LogP contribution in [0.3, 0.4) is 0 Å². The molecule has 1 spiro atoms. The van der Waals surface area contributed by atoms with Gasteiger partial charge in [-0.1, -0.05) is 68.5 Å². The van der Waals surface area contributed by atoms with E-state index in [1.807, 2.05) is 0 Å². The number of rotatable bonds is 0. The Morgan fingerprint density at radius 1 is 0.818 bits per heavy atom. The summed E-state index contributed by atoms with van der Waals surface area (Å²) in [6, 6.07) is 8.95. The molecule has 0 bridgehead atoms. The standard InChI is InChI=1S/C21H19N/c1-18-10-6-7-11-19(18,2)16-15(18)12-20(3)13-8-4-5-9-14(13)21(20)17(16)22-21/h4-12,22H,1-3H3. The number of benzene rings is 1. The molecule has 4 unspecified atom stereocenters. The highest BCUT2D eigenvalue weighted by Gasteiger charge is 2.77. The van der Waals surface area contributed by atoms with Crippen molar-refractivity contribution in [2.45, 2.75) is 31.7 Å². The summed E-state index contributed by atoms with van der Waals surface area (Å²) in [5.74, 6) is 0. The maximum atomic E-state index is 3.82. The molecule has 1 saturated carbocycles. The lowest BCUT2D eigenvalue weighted by atomic mass is 9.39. The van der Waals surface area contributed by atoms with Crippen LogP contribution < -0.4 is 5.32 Å². The molecule has 1 saturated heterocycles. The number of hydrogen-bond acceptors (Lipinski definition) is 1. The molecule has 1 heteroatoms. The topological polar surface area (TPSA) is 21.9 Å². The normalized spacial score (nSPS) is 47.7. The lowest BCUT2D eigenvalue weighted by molar-refractivity contribution is 0.193. The van der Waals surface area contributed by atoms with E-state index >= 15 is 0 Å². The summed E-state index contributed by atoms with van der Waals surface area (Å²) >= 11 is 0. The van der Waals surface area contributed by atoms with Gasteiger partial charge >= 0.3 is 0 Å². The molecule has 1 N–H and O–H groups in total. The number of nitrogens with one attached hydrogen (secondary N) is 1. The summed E-state index contributed by atoms with van der Waals surface area (Å²) in [6.07, 6.45) is 11.8. The Balaban J connectivity index is 1.68. The lowest BCUT2D eigenvalue weighted by Gasteiger charge is -2.62. The molecule has 1 heterocycles. The summed E-state index contributed by atoms with van der Waals surface area (Å²) in [7, 11) is 0. The largest absolute Gasteiger partial charge is 0.370 e. The molecular formula is C21H19N. The lowest BCUT2D eigenvalue weighted by Crippen LogP contribution is -2.57. The van der Waals surface area contributed by atoms with E-state index in [2.05, 4.69) is 80.7 Å². The predicted molar refractivity (Wildman–Crippen MR) is 88.2 cm³/mol. The second kappa shape index (κ2) is 2.78. The molecule has 2 fully saturated rings. The van der Waals surface area contributed by atoms with E-state index < -0.39 is 0 Å². The first-order valence-corrected chi connectivity index (χ1v) is 8.23. The van der Waals surface area contributed by atoms with Crippen molar-refractivity contribution < 1.29 is 0 Å². The minimum absolute atomic E-state index is 0.0990. The molecular weight excluding hydrogens is 266 g/mol. The Morgan fingerprint density at radius 3 is 2.27 bits per heavy atom. The molecule has 4 atom stereocenters. The van der Waals surface area contributed by atoms with Crippen molar-refractivity contribution in [3.63, 3.8) is 0 Å². The van der Waals surface area contributed by atoms with Gasteiger partial charge in [0.05, 0.1) is 0 Å². The Labute approximate surface area is 131 Å². The molecule has 1 aromatic carbocycles. The highest BCUT2D eigenvalue weighted by atomic mass is 15.2. The molecule has 108 valence electrons. The first-order chi connectivity index (χ1) is 10.5. The van der Waals surface area contributed by atoms with Gasteiger partial charge in [0.1, 0.15) is 5.54 Å². The summed E-state index contributed by atoms with van der Waals surface area (Å²) in [4.78, 5) is 0. The molecule has 5 aliphatic rings. The number of fused-ring (bicyclic) bond motifs is 6. The molecule has 1 aromatic rings. The van der Waals surface area contributed by atoms with E-state index in [-0.39, 0.29) is 21.8 Å². The van der Waals surface area contributed by atoms with Gasteiger partial charge in [-0.3, -0.25) is 0 Å². The van der Waals surface area contributed by atoms with Gasteiger partial charge in [0.15, 0.2) is 0 Å². The average Bonchev–Trinajstić information content (AvgIpc) is 3.27. The fourth-order valence-corrected chi connectivity index (χ4v) is 5.80. The van der Waals surface area contributed by atoms with Gasteiger partial charge in [0, 0.05) is 21.9 Å². The van der Waals surface area contributed by atoms with E-state index in [0.717, 1.165) is 0 Å². The van der Waals surface area contributed by atoms with E-state index in [1.165, 1.54) is 16.8 Å². The van der Waals surface area contributed by atoms with E-state index in [1.54, 1.807) is 11.1 Å². The number of hydrogen-bond donors (Lipinski definition) is 1. The summed E-state index contributed by atoms with van der Waals surface area (Å²) in [5, 5.41) is 3.82. The van der Waals surface area contributed by atoms with Crippen molar-refractivity contribution >= 4 is 0 Å². The highest BCUT2D eigenvalue weighted by Crippen LogP contribution is 2.78. The third-order valence-corrected chi connectivity index (χ3v) is 7.37. The molecule has 0 aromatic heterocycles. The van der Waals surface area contributed by atoms with Crippen molar-refractivity contribution in [1.82, 2.24) is 5.32 Å². The van der Waals surface area contributed by atoms with Crippen LogP contribution >= 0.6 is 0 Å². The zero-order valence-corrected chi connectivity index (χ0v) is 13.2. The van der Waals surface area contributed by atoms with Crippen molar-refractivity contribution in [2.24, 2.45) is 10.8 Å². The Hall–Kier alpha value is -2.02. The van der Waals surface area contributed by atoms with Gasteiger partial charge in [-0.25, -0.2) is 0 Å². The molecule has 22 heavy (non-hydrogen) atoms. The van der Waals surface area contributed by atoms with E-state index in [9.17, 15) is 0 Å². The fraction of sp³-hybridized carbons (Fsp3) is 0.333. The SMILES string of the molecule is CC12C=CC=CC1(C)C1=C3NC34c3ccccc3C4(C)C=C12. The third kappa shape index (κ3) is 0.771. The van der Waals surface area contributed by atoms with Crippen molar-refractivity contribution in [2.75, 3.05) is 0 Å². The summed E-state index contributed by atoms with van der Waals surface area (Å²) in [5.41, 5.74) is 8.09. The Kier molecular flexibility index (Phi) is 1.46.